The van der Waals surface area contributed by atoms with E-state index < -0.39 is 32.5 Å². The molecule has 0 aliphatic heterocycles. The molecule has 0 radical (unpaired) electrons. The van der Waals surface area contributed by atoms with Crippen LogP contribution in [0.15, 0.2) is 146 Å². The van der Waals surface area contributed by atoms with E-state index in [9.17, 15) is 19.0 Å². The van der Waals surface area contributed by atoms with Gasteiger partial charge in [-0.25, -0.2) is 0 Å². The molecular weight excluding hydrogens is 1060 g/mol. The van der Waals surface area contributed by atoms with Crippen LogP contribution in [-0.4, -0.2) is 70.0 Å². The molecule has 0 aromatic heterocycles. The number of phosphoric ester groups is 1. The van der Waals surface area contributed by atoms with E-state index >= 15 is 0 Å². The lowest BCUT2D eigenvalue weighted by molar-refractivity contribution is -0.870. The average molecular weight is 1190 g/mol. The first kappa shape index (κ1) is 79.9. The van der Waals surface area contributed by atoms with Crippen LogP contribution in [0.4, 0.5) is 0 Å². The van der Waals surface area contributed by atoms with Crippen molar-refractivity contribution in [1.82, 2.24) is 0 Å². The molecular formula is C74H124NO8P. The number of carbonyl (C=O) groups is 2. The summed E-state index contributed by atoms with van der Waals surface area (Å²) in [6, 6.07) is 0. The molecule has 84 heavy (non-hydrogen) atoms. The van der Waals surface area contributed by atoms with Gasteiger partial charge in [0.1, 0.15) is 19.8 Å². The third kappa shape index (κ3) is 67.0. The summed E-state index contributed by atoms with van der Waals surface area (Å²) < 4.78 is 34.3. The molecule has 0 rings (SSSR count). The van der Waals surface area contributed by atoms with Gasteiger partial charge in [0, 0.05) is 12.8 Å². The molecule has 0 heterocycles. The van der Waals surface area contributed by atoms with Gasteiger partial charge in [0.15, 0.2) is 6.10 Å². The molecule has 2 atom stereocenters. The second kappa shape index (κ2) is 63.4. The fourth-order valence-corrected chi connectivity index (χ4v) is 9.51. The minimum absolute atomic E-state index is 0.0410. The minimum atomic E-state index is -4.66. The van der Waals surface area contributed by atoms with Crippen LogP contribution in [0.25, 0.3) is 0 Å². The number of phosphoric acid groups is 1. The monoisotopic (exact) mass is 1190 g/mol. The summed E-state index contributed by atoms with van der Waals surface area (Å²) in [6.45, 7) is 4.00. The van der Waals surface area contributed by atoms with Gasteiger partial charge in [-0.05, 0) is 116 Å². The predicted octanol–water partition coefficient (Wildman–Crippen LogP) is 21.2. The predicted molar refractivity (Wildman–Crippen MR) is 360 cm³/mol. The summed E-state index contributed by atoms with van der Waals surface area (Å²) in [6.07, 6.45) is 93.4. The molecule has 9 nitrogen and oxygen atoms in total. The number of rotatable bonds is 60. The fourth-order valence-electron chi connectivity index (χ4n) is 8.78. The molecule has 10 heteroatoms. The summed E-state index contributed by atoms with van der Waals surface area (Å²) in [7, 11) is 1.14. The van der Waals surface area contributed by atoms with Crippen LogP contribution < -0.4 is 4.89 Å². The van der Waals surface area contributed by atoms with Gasteiger partial charge in [-0.2, -0.15) is 0 Å². The SMILES string of the molecule is CC/C=C\C/C=C\C/C=C\C/C=C\C/C=C\C/C=C\C/C=C\C/C=C\CCCCCCCCC(=O)OC(COC(=O)CCCCCCCCCCCCCCCCCC/C=C\C/C=C\C/C=C\C/C=C\CC)COP(=O)([O-])OCC[N+](C)(C)C. The van der Waals surface area contributed by atoms with Crippen molar-refractivity contribution >= 4 is 19.8 Å². The second-order valence-corrected chi connectivity index (χ2v) is 24.5. The maximum absolute atomic E-state index is 12.9. The van der Waals surface area contributed by atoms with Gasteiger partial charge >= 0.3 is 11.9 Å². The Bertz CT molecular complexity index is 1930. The van der Waals surface area contributed by atoms with Gasteiger partial charge in [-0.15, -0.1) is 0 Å². The van der Waals surface area contributed by atoms with E-state index in [1.54, 1.807) is 0 Å². The average Bonchev–Trinajstić information content (AvgIpc) is 3.61. The molecule has 0 fully saturated rings. The summed E-state index contributed by atoms with van der Waals surface area (Å²) in [5.74, 6) is -0.855. The van der Waals surface area contributed by atoms with Gasteiger partial charge in [0.25, 0.3) is 7.82 Å². The zero-order valence-corrected chi connectivity index (χ0v) is 55.2. The van der Waals surface area contributed by atoms with Gasteiger partial charge < -0.3 is 27.9 Å². The van der Waals surface area contributed by atoms with Gasteiger partial charge in [-0.1, -0.05) is 275 Å². The van der Waals surface area contributed by atoms with E-state index in [4.69, 9.17) is 18.5 Å². The number of ether oxygens (including phenoxy) is 2. The summed E-state index contributed by atoms with van der Waals surface area (Å²) in [5, 5.41) is 0. The quantitative estimate of drug-likeness (QED) is 0.0195. The summed E-state index contributed by atoms with van der Waals surface area (Å²) in [5.41, 5.74) is 0. The van der Waals surface area contributed by atoms with Crippen molar-refractivity contribution < 1.29 is 42.1 Å². The topological polar surface area (TPSA) is 111 Å². The Hall–Kier alpha value is -4.11. The van der Waals surface area contributed by atoms with Crippen LogP contribution in [0.2, 0.25) is 0 Å². The van der Waals surface area contributed by atoms with Crippen LogP contribution >= 0.6 is 7.82 Å². The fraction of sp³-hybridized carbons (Fsp3) is 0.649. The molecule has 0 bridgehead atoms. The Labute approximate surface area is 516 Å². The second-order valence-electron chi connectivity index (χ2n) is 23.1. The number of allylic oxidation sites excluding steroid dienone is 24. The zero-order chi connectivity index (χ0) is 61.2. The molecule has 0 aliphatic rings. The van der Waals surface area contributed by atoms with Crippen LogP contribution in [-0.2, 0) is 32.7 Å². The van der Waals surface area contributed by atoms with Crippen molar-refractivity contribution in [3.8, 4) is 0 Å². The van der Waals surface area contributed by atoms with Crippen molar-refractivity contribution in [3.05, 3.63) is 146 Å². The largest absolute Gasteiger partial charge is 0.756 e. The van der Waals surface area contributed by atoms with E-state index in [-0.39, 0.29) is 26.1 Å². The number of hydrogen-bond acceptors (Lipinski definition) is 8. The molecule has 0 aliphatic carbocycles. The molecule has 0 amide bonds. The van der Waals surface area contributed by atoms with Gasteiger partial charge in [0.05, 0.1) is 27.7 Å². The molecule has 0 spiro atoms. The molecule has 0 N–H and O–H groups in total. The number of unbranched alkanes of at least 4 members (excludes halogenated alkanes) is 22. The van der Waals surface area contributed by atoms with Crippen molar-refractivity contribution in [3.63, 3.8) is 0 Å². The van der Waals surface area contributed by atoms with Crippen molar-refractivity contribution in [1.29, 1.82) is 0 Å². The van der Waals surface area contributed by atoms with Crippen LogP contribution in [0, 0.1) is 0 Å². The Morgan fingerprint density at radius 1 is 0.369 bits per heavy atom. The summed E-state index contributed by atoms with van der Waals surface area (Å²) in [4.78, 5) is 38.0. The maximum atomic E-state index is 12.9. The smallest absolute Gasteiger partial charge is 0.306 e. The van der Waals surface area contributed by atoms with E-state index in [1.165, 1.54) is 89.9 Å². The molecule has 0 aromatic carbocycles. The lowest BCUT2D eigenvalue weighted by Gasteiger charge is -2.28. The van der Waals surface area contributed by atoms with Crippen molar-refractivity contribution in [2.75, 3.05) is 47.5 Å². The van der Waals surface area contributed by atoms with Gasteiger partial charge in [0.2, 0.25) is 0 Å². The number of hydrogen-bond donors (Lipinski definition) is 0. The molecule has 2 unspecified atom stereocenters. The highest BCUT2D eigenvalue weighted by molar-refractivity contribution is 7.45. The lowest BCUT2D eigenvalue weighted by atomic mass is 10.0. The highest BCUT2D eigenvalue weighted by Gasteiger charge is 2.22. The van der Waals surface area contributed by atoms with Crippen LogP contribution in [0.1, 0.15) is 258 Å². The number of likely N-dealkylation sites (N-methyl/N-ethyl adjacent to an activating group) is 1. The highest BCUT2D eigenvalue weighted by Crippen LogP contribution is 2.38. The zero-order valence-electron chi connectivity index (χ0n) is 54.3. The van der Waals surface area contributed by atoms with E-state index in [0.29, 0.717) is 17.4 Å². The first-order valence-electron chi connectivity index (χ1n) is 33.5. The normalized spacial score (nSPS) is 14.1. The first-order valence-corrected chi connectivity index (χ1v) is 35.0. The molecule has 0 saturated carbocycles. The number of esters is 2. The van der Waals surface area contributed by atoms with Crippen LogP contribution in [0.3, 0.4) is 0 Å². The first-order chi connectivity index (χ1) is 41.0. The molecule has 0 saturated heterocycles. The Morgan fingerprint density at radius 2 is 0.643 bits per heavy atom. The Morgan fingerprint density at radius 3 is 0.952 bits per heavy atom. The standard InChI is InChI=1S/C74H124NO8P/c1-6-8-10-12-14-16-18-20-22-24-26-28-30-32-34-36-37-39-41-43-45-47-49-51-53-55-57-59-61-63-65-67-74(77)83-72(71-82-84(78,79)81-69-68-75(3,4)5)70-80-73(76)66-64-62-60-58-56-54-52-50-48-46-44-42-40-38-35-33-31-29-27-25-23-21-19-17-15-13-11-9-7-2/h8-11,14-17,20-23,26-29,32,34,37,39,43,45,49,51,72H,6-7,12-13,18-19,24-25,30-31,33,35-36,38,40-42,44,46-48,50,52-71H2,1-5H3/b10-8-,11-9-,16-14-,17-15-,22-20-,23-21-,28-26-,29-27-,34-32-,39-37-,45-43-,51-49-. The molecule has 478 valence electrons. The Balaban J connectivity index is 4.15. The highest BCUT2D eigenvalue weighted by atomic mass is 31.2. The van der Waals surface area contributed by atoms with Crippen molar-refractivity contribution in [2.45, 2.75) is 264 Å². The maximum Gasteiger partial charge on any atom is 0.306 e. The van der Waals surface area contributed by atoms with Crippen LogP contribution in [0.5, 0.6) is 0 Å². The summed E-state index contributed by atoms with van der Waals surface area (Å²) >= 11 is 0. The van der Waals surface area contributed by atoms with Gasteiger partial charge in [-0.3, -0.25) is 14.2 Å². The number of nitrogens with zero attached hydrogens (tertiary/aromatic N) is 1. The number of carbonyl (C=O) groups excluding carboxylic acids is 2. The third-order valence-electron chi connectivity index (χ3n) is 13.9. The number of quaternary nitrogens is 1. The van der Waals surface area contributed by atoms with Crippen molar-refractivity contribution in [2.24, 2.45) is 0 Å². The van der Waals surface area contributed by atoms with E-state index in [0.717, 1.165) is 135 Å². The Kier molecular flexibility index (Phi) is 60.3. The van der Waals surface area contributed by atoms with E-state index in [2.05, 4.69) is 160 Å². The third-order valence-corrected chi connectivity index (χ3v) is 14.8. The minimum Gasteiger partial charge on any atom is -0.756 e. The lowest BCUT2D eigenvalue weighted by Crippen LogP contribution is -2.37. The molecule has 0 aromatic rings. The van der Waals surface area contributed by atoms with E-state index in [1.807, 2.05) is 21.1 Å².